The van der Waals surface area contributed by atoms with Crippen LogP contribution in [-0.4, -0.2) is 5.24 Å². The van der Waals surface area contributed by atoms with Gasteiger partial charge in [-0.3, -0.25) is 4.79 Å². The fourth-order valence-electron chi connectivity index (χ4n) is 3.16. The number of hydrogen-bond donors (Lipinski definition) is 0. The van der Waals surface area contributed by atoms with Crippen molar-refractivity contribution in [3.8, 4) is 0 Å². The van der Waals surface area contributed by atoms with Gasteiger partial charge in [-0.2, -0.15) is 0 Å². The first-order valence-corrected chi connectivity index (χ1v) is 10.3. The third-order valence-corrected chi connectivity index (χ3v) is 5.08. The Bertz CT molecular complexity index is 236. The van der Waals surface area contributed by atoms with Gasteiger partial charge in [0.15, 0.2) is 0 Å². The van der Waals surface area contributed by atoms with Crippen LogP contribution in [0.2, 0.25) is 0 Å². The molecule has 0 bridgehead atoms. The lowest BCUT2D eigenvalue weighted by Crippen LogP contribution is -1.96. The predicted octanol–water partition coefficient (Wildman–Crippen LogP) is 7.65. The topological polar surface area (TPSA) is 17.1 Å². The molecule has 0 aromatic rings. The smallest absolute Gasteiger partial charge is 0.221 e. The van der Waals surface area contributed by atoms with Gasteiger partial charge >= 0.3 is 0 Å². The molecule has 22 heavy (non-hydrogen) atoms. The van der Waals surface area contributed by atoms with Gasteiger partial charge in [0, 0.05) is 6.42 Å². The standard InChI is InChI=1S/C20H39ClO/c1-3-19(4-2)17-15-13-11-9-7-5-6-8-10-12-14-16-18-20(21)22/h19H,3-18H2,1-2H3. The zero-order valence-electron chi connectivity index (χ0n) is 15.2. The molecule has 2 heteroatoms. The van der Waals surface area contributed by atoms with Crippen LogP contribution in [-0.2, 0) is 4.79 Å². The molecule has 0 aliphatic carbocycles. The monoisotopic (exact) mass is 330 g/mol. The number of carbonyl (C=O) groups is 1. The molecule has 1 nitrogen and oxygen atoms in total. The van der Waals surface area contributed by atoms with Gasteiger partial charge in [-0.1, -0.05) is 104 Å². The zero-order chi connectivity index (χ0) is 16.5. The lowest BCUT2D eigenvalue weighted by atomic mass is 9.95. The van der Waals surface area contributed by atoms with Crippen molar-refractivity contribution in [1.82, 2.24) is 0 Å². The molecule has 0 atom stereocenters. The molecule has 0 spiro atoms. The van der Waals surface area contributed by atoms with E-state index in [0.717, 1.165) is 18.8 Å². The molecule has 0 unspecified atom stereocenters. The lowest BCUT2D eigenvalue weighted by Gasteiger charge is -2.11. The first-order valence-electron chi connectivity index (χ1n) is 9.89. The molecule has 0 N–H and O–H groups in total. The Morgan fingerprint density at radius 2 is 1.05 bits per heavy atom. The summed E-state index contributed by atoms with van der Waals surface area (Å²) >= 11 is 5.31. The van der Waals surface area contributed by atoms with Crippen LogP contribution in [0, 0.1) is 5.92 Å². The summed E-state index contributed by atoms with van der Waals surface area (Å²) in [5, 5.41) is -0.181. The molecule has 0 radical (unpaired) electrons. The van der Waals surface area contributed by atoms with Crippen LogP contribution >= 0.6 is 11.6 Å². The van der Waals surface area contributed by atoms with Gasteiger partial charge in [-0.05, 0) is 23.9 Å². The van der Waals surface area contributed by atoms with Gasteiger partial charge in [-0.25, -0.2) is 0 Å². The van der Waals surface area contributed by atoms with E-state index < -0.39 is 0 Å². The first-order chi connectivity index (χ1) is 10.7. The number of unbranched alkanes of at least 4 members (excludes halogenated alkanes) is 11. The third kappa shape index (κ3) is 16.3. The summed E-state index contributed by atoms with van der Waals surface area (Å²) < 4.78 is 0. The highest BCUT2D eigenvalue weighted by Crippen LogP contribution is 2.18. The van der Waals surface area contributed by atoms with E-state index in [2.05, 4.69) is 13.8 Å². The summed E-state index contributed by atoms with van der Waals surface area (Å²) in [6.07, 6.45) is 20.8. The molecule has 0 rings (SSSR count). The Labute approximate surface area is 144 Å². The molecule has 0 fully saturated rings. The van der Waals surface area contributed by atoms with Crippen LogP contribution in [0.3, 0.4) is 0 Å². The second-order valence-electron chi connectivity index (χ2n) is 6.82. The maximum absolute atomic E-state index is 10.6. The van der Waals surface area contributed by atoms with E-state index in [-0.39, 0.29) is 5.24 Å². The molecular formula is C20H39ClO. The molecule has 0 aliphatic heterocycles. The van der Waals surface area contributed by atoms with Crippen molar-refractivity contribution in [2.45, 2.75) is 117 Å². The first kappa shape index (κ1) is 22.0. The van der Waals surface area contributed by atoms with E-state index in [4.69, 9.17) is 11.6 Å². The number of hydrogen-bond acceptors (Lipinski definition) is 1. The molecule has 0 amide bonds. The normalized spacial score (nSPS) is 11.3. The molecule has 0 aromatic carbocycles. The van der Waals surface area contributed by atoms with E-state index in [9.17, 15) is 4.79 Å². The summed E-state index contributed by atoms with van der Waals surface area (Å²) in [7, 11) is 0. The molecular weight excluding hydrogens is 292 g/mol. The Morgan fingerprint density at radius 1 is 0.682 bits per heavy atom. The predicted molar refractivity (Wildman–Crippen MR) is 99.6 cm³/mol. The largest absolute Gasteiger partial charge is 0.281 e. The number of rotatable bonds is 17. The minimum absolute atomic E-state index is 0.181. The molecule has 132 valence electrons. The summed E-state index contributed by atoms with van der Waals surface area (Å²) in [5.74, 6) is 0.975. The van der Waals surface area contributed by atoms with Crippen molar-refractivity contribution in [2.75, 3.05) is 0 Å². The zero-order valence-corrected chi connectivity index (χ0v) is 15.9. The van der Waals surface area contributed by atoms with Crippen LogP contribution in [0.5, 0.6) is 0 Å². The highest BCUT2D eigenvalue weighted by molar-refractivity contribution is 6.63. The van der Waals surface area contributed by atoms with Crippen molar-refractivity contribution < 1.29 is 4.79 Å². The highest BCUT2D eigenvalue weighted by Gasteiger charge is 2.02. The fraction of sp³-hybridized carbons (Fsp3) is 0.950. The van der Waals surface area contributed by atoms with Gasteiger partial charge < -0.3 is 0 Å². The van der Waals surface area contributed by atoms with E-state index in [1.54, 1.807) is 0 Å². The van der Waals surface area contributed by atoms with Crippen LogP contribution in [0.1, 0.15) is 117 Å². The van der Waals surface area contributed by atoms with Gasteiger partial charge in [0.25, 0.3) is 0 Å². The van der Waals surface area contributed by atoms with Gasteiger partial charge in [0.1, 0.15) is 0 Å². The molecule has 0 aliphatic rings. The van der Waals surface area contributed by atoms with E-state index in [1.807, 2.05) is 0 Å². The summed E-state index contributed by atoms with van der Waals surface area (Å²) in [6, 6.07) is 0. The molecule has 0 saturated heterocycles. The molecule has 0 aromatic heterocycles. The Morgan fingerprint density at radius 3 is 1.41 bits per heavy atom. The summed E-state index contributed by atoms with van der Waals surface area (Å²) in [5.41, 5.74) is 0. The maximum atomic E-state index is 10.6. The summed E-state index contributed by atoms with van der Waals surface area (Å²) in [6.45, 7) is 4.65. The van der Waals surface area contributed by atoms with E-state index in [0.29, 0.717) is 6.42 Å². The van der Waals surface area contributed by atoms with Crippen molar-refractivity contribution in [3.05, 3.63) is 0 Å². The van der Waals surface area contributed by atoms with Gasteiger partial charge in [-0.15, -0.1) is 0 Å². The van der Waals surface area contributed by atoms with Gasteiger partial charge in [0.05, 0.1) is 0 Å². The number of carbonyl (C=O) groups excluding carboxylic acids is 1. The minimum atomic E-state index is -0.181. The average Bonchev–Trinajstić information content (AvgIpc) is 2.51. The van der Waals surface area contributed by atoms with Crippen molar-refractivity contribution in [2.24, 2.45) is 5.92 Å². The highest BCUT2D eigenvalue weighted by atomic mass is 35.5. The van der Waals surface area contributed by atoms with Crippen molar-refractivity contribution in [1.29, 1.82) is 0 Å². The van der Waals surface area contributed by atoms with Crippen molar-refractivity contribution >= 4 is 16.8 Å². The second-order valence-corrected chi connectivity index (χ2v) is 7.24. The second kappa shape index (κ2) is 17.3. The maximum Gasteiger partial charge on any atom is 0.221 e. The lowest BCUT2D eigenvalue weighted by molar-refractivity contribution is -0.111. The quantitative estimate of drug-likeness (QED) is 0.198. The Kier molecular flexibility index (Phi) is 17.3. The third-order valence-electron chi connectivity index (χ3n) is 4.89. The van der Waals surface area contributed by atoms with Crippen LogP contribution in [0.25, 0.3) is 0 Å². The fourth-order valence-corrected chi connectivity index (χ4v) is 3.30. The van der Waals surface area contributed by atoms with Crippen LogP contribution < -0.4 is 0 Å². The van der Waals surface area contributed by atoms with E-state index in [1.165, 1.54) is 83.5 Å². The minimum Gasteiger partial charge on any atom is -0.281 e. The van der Waals surface area contributed by atoms with Gasteiger partial charge in [0.2, 0.25) is 5.24 Å². The average molecular weight is 331 g/mol. The number of halogens is 1. The van der Waals surface area contributed by atoms with Crippen LogP contribution in [0.15, 0.2) is 0 Å². The Balaban J connectivity index is 3.07. The SMILES string of the molecule is CCC(CC)CCCCCCCCCCCCCCC(=O)Cl. The Hall–Kier alpha value is -0.0400. The summed E-state index contributed by atoms with van der Waals surface area (Å²) in [4.78, 5) is 10.6. The van der Waals surface area contributed by atoms with Crippen LogP contribution in [0.4, 0.5) is 0 Å². The molecule has 0 saturated carbocycles. The molecule has 0 heterocycles. The van der Waals surface area contributed by atoms with Crippen molar-refractivity contribution in [3.63, 3.8) is 0 Å². The van der Waals surface area contributed by atoms with E-state index >= 15 is 0 Å².